The molecule has 0 aliphatic carbocycles. The van der Waals surface area contributed by atoms with E-state index in [9.17, 15) is 18.0 Å². The summed E-state index contributed by atoms with van der Waals surface area (Å²) >= 11 is 12.5. The number of nitrogens with one attached hydrogen (secondary N) is 1. The highest BCUT2D eigenvalue weighted by Gasteiger charge is 2.32. The Kier molecular flexibility index (Phi) is 10.0. The van der Waals surface area contributed by atoms with E-state index >= 15 is 0 Å². The van der Waals surface area contributed by atoms with Gasteiger partial charge in [0.25, 0.3) is 0 Å². The lowest BCUT2D eigenvalue weighted by Gasteiger charge is -2.33. The zero-order chi connectivity index (χ0) is 28.0. The van der Waals surface area contributed by atoms with Crippen molar-refractivity contribution in [2.45, 2.75) is 39.8 Å². The highest BCUT2D eigenvalue weighted by atomic mass is 35.5. The van der Waals surface area contributed by atoms with Crippen LogP contribution in [0.1, 0.15) is 32.8 Å². The van der Waals surface area contributed by atoms with E-state index in [0.717, 1.165) is 15.9 Å². The van der Waals surface area contributed by atoms with Gasteiger partial charge in [-0.05, 0) is 41.5 Å². The summed E-state index contributed by atoms with van der Waals surface area (Å²) in [7, 11) is -3.86. The van der Waals surface area contributed by atoms with Crippen molar-refractivity contribution in [1.82, 2.24) is 10.2 Å². The monoisotopic (exact) mass is 577 g/mol. The third-order valence-electron chi connectivity index (χ3n) is 6.14. The molecule has 0 heterocycles. The third kappa shape index (κ3) is 7.40. The van der Waals surface area contributed by atoms with Crippen LogP contribution in [0.15, 0.2) is 60.7 Å². The maximum Gasteiger partial charge on any atom is 0.244 e. The van der Waals surface area contributed by atoms with Gasteiger partial charge < -0.3 is 10.2 Å². The number of hydrogen-bond acceptors (Lipinski definition) is 4. The predicted molar refractivity (Wildman–Crippen MR) is 155 cm³/mol. The molecule has 3 rings (SSSR count). The van der Waals surface area contributed by atoms with Gasteiger partial charge in [-0.2, -0.15) is 0 Å². The van der Waals surface area contributed by atoms with Crippen LogP contribution in [-0.2, 0) is 26.2 Å². The van der Waals surface area contributed by atoms with E-state index < -0.39 is 28.5 Å². The Hall–Kier alpha value is -2.81. The molecule has 0 bridgehead atoms. The molecule has 0 aliphatic rings. The fourth-order valence-electron chi connectivity index (χ4n) is 4.20. The Balaban J connectivity index is 2.03. The van der Waals surface area contributed by atoms with Gasteiger partial charge in [0.15, 0.2) is 0 Å². The quantitative estimate of drug-likeness (QED) is 0.326. The van der Waals surface area contributed by atoms with Crippen LogP contribution in [0.5, 0.6) is 0 Å². The largest absolute Gasteiger partial charge is 0.354 e. The van der Waals surface area contributed by atoms with Crippen molar-refractivity contribution in [3.05, 3.63) is 76.3 Å². The summed E-state index contributed by atoms with van der Waals surface area (Å²) in [5, 5.41) is 5.23. The Labute approximate surface area is 234 Å². The number of carbonyl (C=O) groups excluding carboxylic acids is 2. The number of fused-ring (bicyclic) bond motifs is 1. The number of carbonyl (C=O) groups is 2. The Morgan fingerprint density at radius 2 is 1.68 bits per heavy atom. The average molecular weight is 579 g/mol. The summed E-state index contributed by atoms with van der Waals surface area (Å²) in [4.78, 5) is 28.5. The number of rotatable bonds is 11. The molecule has 2 amide bonds. The summed E-state index contributed by atoms with van der Waals surface area (Å²) < 4.78 is 27.0. The van der Waals surface area contributed by atoms with Gasteiger partial charge in [0.2, 0.25) is 21.8 Å². The smallest absolute Gasteiger partial charge is 0.244 e. The van der Waals surface area contributed by atoms with Gasteiger partial charge in [0, 0.05) is 28.5 Å². The number of anilines is 1. The number of hydrogen-bond donors (Lipinski definition) is 1. The Bertz CT molecular complexity index is 1410. The highest BCUT2D eigenvalue weighted by Crippen LogP contribution is 2.29. The van der Waals surface area contributed by atoms with Crippen molar-refractivity contribution in [1.29, 1.82) is 0 Å². The molecule has 0 spiro atoms. The van der Waals surface area contributed by atoms with Crippen LogP contribution in [0, 0.1) is 5.92 Å². The van der Waals surface area contributed by atoms with Crippen molar-refractivity contribution >= 4 is 61.5 Å². The van der Waals surface area contributed by atoms with Gasteiger partial charge in [-0.1, -0.05) is 86.4 Å². The molecule has 0 aliphatic heterocycles. The van der Waals surface area contributed by atoms with Crippen molar-refractivity contribution in [2.24, 2.45) is 5.92 Å². The number of halogens is 2. The van der Waals surface area contributed by atoms with Gasteiger partial charge in [-0.3, -0.25) is 13.9 Å². The lowest BCUT2D eigenvalue weighted by Crippen LogP contribution is -2.52. The zero-order valence-electron chi connectivity index (χ0n) is 21.9. The fraction of sp³-hybridized carbons (Fsp3) is 0.357. The molecule has 38 heavy (non-hydrogen) atoms. The SMILES string of the molecule is CC[C@H](C(=O)NCC(C)C)N(Cc1ccc(Cl)cc1Cl)C(=O)CN(c1cccc2ccccc12)S(C)(=O)=O. The molecule has 0 aromatic heterocycles. The van der Waals surface area contributed by atoms with Crippen molar-refractivity contribution in [3.8, 4) is 0 Å². The van der Waals surface area contributed by atoms with E-state index in [4.69, 9.17) is 23.2 Å². The van der Waals surface area contributed by atoms with E-state index in [1.54, 1.807) is 30.3 Å². The second kappa shape index (κ2) is 12.8. The molecule has 0 unspecified atom stereocenters. The van der Waals surface area contributed by atoms with Gasteiger partial charge in [0.1, 0.15) is 12.6 Å². The van der Waals surface area contributed by atoms with Crippen LogP contribution in [0.2, 0.25) is 10.0 Å². The van der Waals surface area contributed by atoms with Crippen molar-refractivity contribution in [2.75, 3.05) is 23.7 Å². The molecule has 1 N–H and O–H groups in total. The standard InChI is InChI=1S/C28H33Cl2N3O4S/c1-5-25(28(35)31-16-19(2)3)32(17-21-13-14-22(29)15-24(21)30)27(34)18-33(38(4,36)37)26-12-8-10-20-9-6-7-11-23(20)26/h6-15,19,25H,5,16-18H2,1-4H3,(H,31,35)/t25-/m1/s1. The summed E-state index contributed by atoms with van der Waals surface area (Å²) in [6.07, 6.45) is 1.39. The van der Waals surface area contributed by atoms with E-state index in [0.29, 0.717) is 39.6 Å². The van der Waals surface area contributed by atoms with Crippen molar-refractivity contribution < 1.29 is 18.0 Å². The van der Waals surface area contributed by atoms with Crippen molar-refractivity contribution in [3.63, 3.8) is 0 Å². The minimum absolute atomic E-state index is 0.00950. The highest BCUT2D eigenvalue weighted by molar-refractivity contribution is 7.92. The molecule has 0 radical (unpaired) electrons. The van der Waals surface area contributed by atoms with E-state index in [1.165, 1.54) is 4.90 Å². The topological polar surface area (TPSA) is 86.8 Å². The van der Waals surface area contributed by atoms with Crippen LogP contribution < -0.4 is 9.62 Å². The fourth-order valence-corrected chi connectivity index (χ4v) is 5.53. The van der Waals surface area contributed by atoms with Gasteiger partial charge >= 0.3 is 0 Å². The summed E-state index contributed by atoms with van der Waals surface area (Å²) in [5.41, 5.74) is 0.983. The first-order valence-corrected chi connectivity index (χ1v) is 15.0. The number of amides is 2. The minimum Gasteiger partial charge on any atom is -0.354 e. The van der Waals surface area contributed by atoms with Crippen LogP contribution >= 0.6 is 23.2 Å². The van der Waals surface area contributed by atoms with Crippen LogP contribution in [-0.4, -0.2) is 50.5 Å². The molecule has 204 valence electrons. The normalized spacial score (nSPS) is 12.4. The molecule has 0 saturated heterocycles. The summed E-state index contributed by atoms with van der Waals surface area (Å²) in [6, 6.07) is 16.8. The number of nitrogens with zero attached hydrogens (tertiary/aromatic N) is 2. The first-order valence-electron chi connectivity index (χ1n) is 12.4. The third-order valence-corrected chi connectivity index (χ3v) is 7.85. The van der Waals surface area contributed by atoms with Crippen LogP contribution in [0.25, 0.3) is 10.8 Å². The number of benzene rings is 3. The summed E-state index contributed by atoms with van der Waals surface area (Å²) in [6.45, 7) is 5.74. The van der Waals surface area contributed by atoms with Gasteiger partial charge in [-0.25, -0.2) is 8.42 Å². The molecule has 10 heteroatoms. The van der Waals surface area contributed by atoms with E-state index in [1.807, 2.05) is 51.1 Å². The first-order chi connectivity index (χ1) is 17.9. The molecular formula is C28H33Cl2N3O4S. The lowest BCUT2D eigenvalue weighted by atomic mass is 10.1. The molecule has 1 atom stereocenters. The first kappa shape index (κ1) is 29.7. The second-order valence-electron chi connectivity index (χ2n) is 9.59. The van der Waals surface area contributed by atoms with Crippen LogP contribution in [0.3, 0.4) is 0 Å². The number of sulfonamides is 1. The molecule has 0 saturated carbocycles. The Morgan fingerprint density at radius 3 is 2.32 bits per heavy atom. The minimum atomic E-state index is -3.86. The predicted octanol–water partition coefficient (Wildman–Crippen LogP) is 5.49. The second-order valence-corrected chi connectivity index (χ2v) is 12.3. The summed E-state index contributed by atoms with van der Waals surface area (Å²) in [5.74, 6) is -0.616. The maximum atomic E-state index is 13.9. The van der Waals surface area contributed by atoms with E-state index in [2.05, 4.69) is 5.32 Å². The zero-order valence-corrected chi connectivity index (χ0v) is 24.3. The van der Waals surface area contributed by atoms with Gasteiger partial charge in [0.05, 0.1) is 11.9 Å². The molecular weight excluding hydrogens is 545 g/mol. The lowest BCUT2D eigenvalue weighted by molar-refractivity contribution is -0.140. The van der Waals surface area contributed by atoms with Crippen LogP contribution in [0.4, 0.5) is 5.69 Å². The molecule has 0 fully saturated rings. The van der Waals surface area contributed by atoms with E-state index in [-0.39, 0.29) is 18.4 Å². The van der Waals surface area contributed by atoms with Gasteiger partial charge in [-0.15, -0.1) is 0 Å². The molecule has 3 aromatic rings. The molecule has 7 nitrogen and oxygen atoms in total. The maximum absolute atomic E-state index is 13.9. The average Bonchev–Trinajstić information content (AvgIpc) is 2.86. The Morgan fingerprint density at radius 1 is 1.00 bits per heavy atom. The molecule has 3 aromatic carbocycles.